The van der Waals surface area contributed by atoms with Gasteiger partial charge in [0.1, 0.15) is 16.4 Å². The Balaban J connectivity index is 1.51. The lowest BCUT2D eigenvalue weighted by Gasteiger charge is -2.33. The lowest BCUT2D eigenvalue weighted by Crippen LogP contribution is -2.42. The van der Waals surface area contributed by atoms with Crippen molar-refractivity contribution in [3.8, 4) is 16.3 Å². The van der Waals surface area contributed by atoms with Gasteiger partial charge in [-0.2, -0.15) is 0 Å². The maximum absolute atomic E-state index is 12.2. The first kappa shape index (κ1) is 22.4. The number of hydrogen-bond donors (Lipinski definition) is 2. The molecule has 1 amide bonds. The molecule has 2 aromatic rings. The van der Waals surface area contributed by atoms with Crippen molar-refractivity contribution in [3.63, 3.8) is 0 Å². The van der Waals surface area contributed by atoms with Crippen LogP contribution >= 0.6 is 11.3 Å². The molecule has 1 fully saturated rings. The van der Waals surface area contributed by atoms with Crippen LogP contribution in [0.25, 0.3) is 10.6 Å². The Morgan fingerprint density at radius 2 is 2.07 bits per heavy atom. The zero-order valence-electron chi connectivity index (χ0n) is 18.1. The monoisotopic (exact) mass is 433 g/mol. The maximum Gasteiger partial charge on any atom is 0.410 e. The van der Waals surface area contributed by atoms with Gasteiger partial charge in [0, 0.05) is 24.0 Å². The van der Waals surface area contributed by atoms with Gasteiger partial charge in [0.05, 0.1) is 18.0 Å². The molecule has 0 saturated carbocycles. The molecule has 30 heavy (non-hydrogen) atoms. The number of phenolic OH excluding ortho intramolecular Hbond substituents is 1. The Labute approximate surface area is 182 Å². The van der Waals surface area contributed by atoms with Crippen LogP contribution in [0.2, 0.25) is 0 Å². The topological polar surface area (TPSA) is 83.9 Å². The van der Waals surface area contributed by atoms with E-state index < -0.39 is 5.60 Å². The lowest BCUT2D eigenvalue weighted by atomic mass is 9.98. The van der Waals surface area contributed by atoms with Gasteiger partial charge in [-0.1, -0.05) is 6.92 Å². The summed E-state index contributed by atoms with van der Waals surface area (Å²) in [5.41, 5.74) is 5.18. The van der Waals surface area contributed by atoms with Gasteiger partial charge >= 0.3 is 6.09 Å². The quantitative estimate of drug-likeness (QED) is 0.489. The zero-order chi connectivity index (χ0) is 21.7. The average Bonchev–Trinajstić information content (AvgIpc) is 3.17. The fourth-order valence-electron chi connectivity index (χ4n) is 3.24. The summed E-state index contributed by atoms with van der Waals surface area (Å²) in [6.07, 6.45) is 2.37. The Kier molecular flexibility index (Phi) is 7.20. The number of aryl methyl sites for hydroxylation is 1. The van der Waals surface area contributed by atoms with Crippen LogP contribution < -0.4 is 5.48 Å². The number of nitrogens with zero attached hydrogens (tertiary/aromatic N) is 2. The highest BCUT2D eigenvalue weighted by molar-refractivity contribution is 7.13. The van der Waals surface area contributed by atoms with E-state index in [4.69, 9.17) is 9.57 Å². The number of aromatic hydroxyl groups is 1. The molecule has 1 aliphatic heterocycles. The van der Waals surface area contributed by atoms with Gasteiger partial charge in [-0.15, -0.1) is 11.3 Å². The molecule has 1 aromatic carbocycles. The number of benzene rings is 1. The van der Waals surface area contributed by atoms with E-state index in [1.165, 1.54) is 0 Å². The molecule has 7 nitrogen and oxygen atoms in total. The van der Waals surface area contributed by atoms with Gasteiger partial charge in [-0.3, -0.25) is 10.3 Å². The van der Waals surface area contributed by atoms with Crippen LogP contribution in [-0.2, 0) is 16.0 Å². The first-order valence-corrected chi connectivity index (χ1v) is 11.3. The average molecular weight is 434 g/mol. The summed E-state index contributed by atoms with van der Waals surface area (Å²) in [5, 5.41) is 12.8. The number of amides is 1. The van der Waals surface area contributed by atoms with E-state index in [1.807, 2.05) is 26.2 Å². The number of likely N-dealkylation sites (tertiary alicyclic amines) is 1. The minimum absolute atomic E-state index is 0.193. The molecule has 8 heteroatoms. The van der Waals surface area contributed by atoms with Crippen molar-refractivity contribution < 1.29 is 19.5 Å². The predicted molar refractivity (Wildman–Crippen MR) is 119 cm³/mol. The Bertz CT molecular complexity index is 854. The number of rotatable bonds is 6. The second kappa shape index (κ2) is 9.66. The van der Waals surface area contributed by atoms with Crippen LogP contribution in [0.3, 0.4) is 0 Å². The van der Waals surface area contributed by atoms with Crippen molar-refractivity contribution >= 4 is 23.1 Å². The largest absolute Gasteiger partial charge is 0.508 e. The summed E-state index contributed by atoms with van der Waals surface area (Å²) in [6, 6.07) is 5.12. The van der Waals surface area contributed by atoms with Gasteiger partial charge in [0.15, 0.2) is 0 Å². The maximum atomic E-state index is 12.2. The number of ether oxygens (including phenoxy) is 1. The molecule has 0 spiro atoms. The second-order valence-electron chi connectivity index (χ2n) is 8.55. The smallest absolute Gasteiger partial charge is 0.410 e. The van der Waals surface area contributed by atoms with Crippen molar-refractivity contribution in [2.75, 3.05) is 25.2 Å². The molecule has 0 atom stereocenters. The molecule has 2 heterocycles. The van der Waals surface area contributed by atoms with Gasteiger partial charge in [0.25, 0.3) is 0 Å². The predicted octanol–water partition coefficient (Wildman–Crippen LogP) is 5.07. The summed E-state index contributed by atoms with van der Waals surface area (Å²) >= 11 is 1.55. The molecular weight excluding hydrogens is 402 g/mol. The van der Waals surface area contributed by atoms with E-state index in [1.54, 1.807) is 34.4 Å². The normalized spacial score (nSPS) is 15.3. The minimum atomic E-state index is -0.474. The first-order chi connectivity index (χ1) is 14.2. The number of carbonyl (C=O) groups is 1. The molecule has 0 radical (unpaired) electrons. The lowest BCUT2D eigenvalue weighted by molar-refractivity contribution is 0.0142. The number of piperidine rings is 1. The molecule has 0 aliphatic carbocycles. The number of hydrogen-bond acceptors (Lipinski definition) is 7. The fraction of sp³-hybridized carbons (Fsp3) is 0.545. The summed E-state index contributed by atoms with van der Waals surface area (Å²) < 4.78 is 5.44. The summed E-state index contributed by atoms with van der Waals surface area (Å²) in [7, 11) is 0. The standard InChI is InChI=1S/C22H31N3O4S/c1-5-16-14-30-20(23-16)18-12-17(26)6-7-19(18)24-28-13-15-8-10-25(11-9-15)21(27)29-22(2,3)4/h6-7,12,14-15,24,26H,5,8-11,13H2,1-4H3. The first-order valence-electron chi connectivity index (χ1n) is 10.4. The molecule has 3 rings (SSSR count). The highest BCUT2D eigenvalue weighted by Crippen LogP contribution is 2.34. The van der Waals surface area contributed by atoms with Crippen LogP contribution in [0, 0.1) is 5.92 Å². The van der Waals surface area contributed by atoms with Crippen molar-refractivity contribution in [2.45, 2.75) is 52.6 Å². The van der Waals surface area contributed by atoms with E-state index >= 15 is 0 Å². The van der Waals surface area contributed by atoms with Crippen molar-refractivity contribution in [1.29, 1.82) is 0 Å². The van der Waals surface area contributed by atoms with Crippen molar-refractivity contribution in [2.24, 2.45) is 5.92 Å². The summed E-state index contributed by atoms with van der Waals surface area (Å²) in [4.78, 5) is 24.3. The number of carbonyl (C=O) groups excluding carboxylic acids is 1. The number of phenols is 1. The third-order valence-corrected chi connectivity index (χ3v) is 5.84. The highest BCUT2D eigenvalue weighted by atomic mass is 32.1. The van der Waals surface area contributed by atoms with Crippen LogP contribution in [0.1, 0.15) is 46.2 Å². The Morgan fingerprint density at radius 1 is 1.33 bits per heavy atom. The fourth-order valence-corrected chi connectivity index (χ4v) is 4.17. The molecule has 0 bridgehead atoms. The number of anilines is 1. The molecular formula is C22H31N3O4S. The third kappa shape index (κ3) is 6.09. The zero-order valence-corrected chi connectivity index (χ0v) is 18.9. The molecule has 0 unspecified atom stereocenters. The van der Waals surface area contributed by atoms with E-state index in [2.05, 4.69) is 17.4 Å². The number of nitrogens with one attached hydrogen (secondary N) is 1. The van der Waals surface area contributed by atoms with Crippen LogP contribution in [0.15, 0.2) is 23.6 Å². The molecule has 1 saturated heterocycles. The van der Waals surface area contributed by atoms with Crippen molar-refractivity contribution in [3.05, 3.63) is 29.3 Å². The highest BCUT2D eigenvalue weighted by Gasteiger charge is 2.27. The Hall–Kier alpha value is -2.32. The molecule has 1 aliphatic rings. The van der Waals surface area contributed by atoms with E-state index in [0.717, 1.165) is 41.2 Å². The van der Waals surface area contributed by atoms with E-state index in [-0.39, 0.29) is 11.8 Å². The second-order valence-corrected chi connectivity index (χ2v) is 9.41. The minimum Gasteiger partial charge on any atom is -0.508 e. The number of thiazole rings is 1. The van der Waals surface area contributed by atoms with Crippen LogP contribution in [0.5, 0.6) is 5.75 Å². The van der Waals surface area contributed by atoms with Crippen molar-refractivity contribution in [1.82, 2.24) is 9.88 Å². The summed E-state index contributed by atoms with van der Waals surface area (Å²) in [6.45, 7) is 9.59. The molecule has 1 aromatic heterocycles. The van der Waals surface area contributed by atoms with Gasteiger partial charge < -0.3 is 14.7 Å². The van der Waals surface area contributed by atoms with E-state index in [0.29, 0.717) is 25.6 Å². The Morgan fingerprint density at radius 3 is 2.70 bits per heavy atom. The van der Waals surface area contributed by atoms with Gasteiger partial charge in [-0.05, 0) is 64.2 Å². The number of aromatic nitrogens is 1. The molecule has 2 N–H and O–H groups in total. The summed E-state index contributed by atoms with van der Waals surface area (Å²) in [5.74, 6) is 0.557. The van der Waals surface area contributed by atoms with Gasteiger partial charge in [-0.25, -0.2) is 9.78 Å². The van der Waals surface area contributed by atoms with Crippen LogP contribution in [0.4, 0.5) is 10.5 Å². The van der Waals surface area contributed by atoms with Gasteiger partial charge in [0.2, 0.25) is 0 Å². The molecule has 164 valence electrons. The SMILES string of the molecule is CCc1csc(-c2cc(O)ccc2NOCC2CCN(C(=O)OC(C)(C)C)CC2)n1. The third-order valence-electron chi connectivity index (χ3n) is 4.91. The van der Waals surface area contributed by atoms with E-state index in [9.17, 15) is 9.90 Å². The van der Waals surface area contributed by atoms with Crippen LogP contribution in [-0.4, -0.2) is 46.4 Å².